The van der Waals surface area contributed by atoms with Gasteiger partial charge in [0.2, 0.25) is 0 Å². The van der Waals surface area contributed by atoms with E-state index in [1.807, 2.05) is 12.1 Å². The summed E-state index contributed by atoms with van der Waals surface area (Å²) in [4.78, 5) is 0. The first-order chi connectivity index (χ1) is 10.3. The highest BCUT2D eigenvalue weighted by atomic mass is 79.9. The summed E-state index contributed by atoms with van der Waals surface area (Å²) >= 11 is 3.54. The highest BCUT2D eigenvalue weighted by Gasteiger charge is 2.13. The van der Waals surface area contributed by atoms with Crippen molar-refractivity contribution in [3.8, 4) is 5.69 Å². The Kier molecular flexibility index (Phi) is 2.76. The lowest BCUT2D eigenvalue weighted by atomic mass is 10.1. The van der Waals surface area contributed by atoms with Gasteiger partial charge in [0.25, 0.3) is 0 Å². The molecular weight excluding hydrogens is 324 g/mol. The Balaban J connectivity index is 2.24. The third-order valence-corrected chi connectivity index (χ3v) is 4.49. The van der Waals surface area contributed by atoms with Gasteiger partial charge in [-0.25, -0.2) is 0 Å². The molecular formula is C18H13BrN2. The normalized spacial score (nSPS) is 11.3. The molecule has 3 aromatic carbocycles. The number of para-hydroxylation sites is 2. The van der Waals surface area contributed by atoms with Crippen molar-refractivity contribution >= 4 is 43.4 Å². The Bertz CT molecular complexity index is 955. The molecule has 0 bridgehead atoms. The number of hydrogen-bond acceptors (Lipinski definition) is 1. The third kappa shape index (κ3) is 1.85. The van der Waals surface area contributed by atoms with Gasteiger partial charge in [-0.1, -0.05) is 36.4 Å². The summed E-state index contributed by atoms with van der Waals surface area (Å²) in [6, 6.07) is 23.0. The van der Waals surface area contributed by atoms with Crippen molar-refractivity contribution in [2.45, 2.75) is 0 Å². The predicted molar refractivity (Wildman–Crippen MR) is 92.9 cm³/mol. The van der Waals surface area contributed by atoms with Crippen LogP contribution in [0.4, 0.5) is 5.69 Å². The van der Waals surface area contributed by atoms with E-state index in [0.29, 0.717) is 0 Å². The van der Waals surface area contributed by atoms with Crippen LogP contribution in [0, 0.1) is 0 Å². The fraction of sp³-hybridized carbons (Fsp3) is 0. The summed E-state index contributed by atoms with van der Waals surface area (Å²) in [5.41, 5.74) is 10.3. The van der Waals surface area contributed by atoms with Crippen LogP contribution >= 0.6 is 15.9 Å². The van der Waals surface area contributed by atoms with Crippen LogP contribution in [0.15, 0.2) is 71.2 Å². The van der Waals surface area contributed by atoms with Crippen LogP contribution in [0.3, 0.4) is 0 Å². The Morgan fingerprint density at radius 3 is 2.29 bits per heavy atom. The molecule has 0 unspecified atom stereocenters. The van der Waals surface area contributed by atoms with E-state index in [-0.39, 0.29) is 0 Å². The molecule has 0 amide bonds. The zero-order valence-corrected chi connectivity index (χ0v) is 12.8. The lowest BCUT2D eigenvalue weighted by molar-refractivity contribution is 1.18. The van der Waals surface area contributed by atoms with Gasteiger partial charge < -0.3 is 10.3 Å². The van der Waals surface area contributed by atoms with Gasteiger partial charge in [-0.15, -0.1) is 0 Å². The highest BCUT2D eigenvalue weighted by molar-refractivity contribution is 9.10. The molecule has 3 heteroatoms. The maximum atomic E-state index is 6.07. The van der Waals surface area contributed by atoms with Crippen molar-refractivity contribution in [3.05, 3.63) is 71.2 Å². The lowest BCUT2D eigenvalue weighted by Crippen LogP contribution is -1.93. The zero-order chi connectivity index (χ0) is 14.4. The molecule has 2 nitrogen and oxygen atoms in total. The van der Waals surface area contributed by atoms with E-state index in [9.17, 15) is 0 Å². The van der Waals surface area contributed by atoms with E-state index in [2.05, 4.69) is 75.1 Å². The van der Waals surface area contributed by atoms with Crippen LogP contribution in [0.5, 0.6) is 0 Å². The number of hydrogen-bond donors (Lipinski definition) is 1. The molecule has 0 saturated carbocycles. The zero-order valence-electron chi connectivity index (χ0n) is 11.3. The van der Waals surface area contributed by atoms with Gasteiger partial charge in [-0.2, -0.15) is 0 Å². The Morgan fingerprint density at radius 2 is 1.48 bits per heavy atom. The van der Waals surface area contributed by atoms with Crippen molar-refractivity contribution in [2.24, 2.45) is 0 Å². The van der Waals surface area contributed by atoms with Crippen molar-refractivity contribution < 1.29 is 0 Å². The lowest BCUT2D eigenvalue weighted by Gasteiger charge is -2.08. The number of anilines is 1. The fourth-order valence-electron chi connectivity index (χ4n) is 2.86. The molecule has 4 rings (SSSR count). The van der Waals surface area contributed by atoms with Gasteiger partial charge in [-0.05, 0) is 46.3 Å². The second-order valence-corrected chi connectivity index (χ2v) is 5.93. The van der Waals surface area contributed by atoms with Crippen LogP contribution in [0.25, 0.3) is 27.5 Å². The molecule has 0 aliphatic carbocycles. The average molecular weight is 337 g/mol. The summed E-state index contributed by atoms with van der Waals surface area (Å²) in [6.45, 7) is 0. The van der Waals surface area contributed by atoms with Crippen molar-refractivity contribution in [3.63, 3.8) is 0 Å². The first-order valence-electron chi connectivity index (χ1n) is 6.79. The third-order valence-electron chi connectivity index (χ3n) is 3.81. The van der Waals surface area contributed by atoms with Crippen LogP contribution < -0.4 is 5.73 Å². The van der Waals surface area contributed by atoms with E-state index in [0.717, 1.165) is 21.4 Å². The minimum Gasteiger partial charge on any atom is -0.398 e. The maximum absolute atomic E-state index is 6.07. The monoisotopic (exact) mass is 336 g/mol. The molecule has 0 aliphatic rings. The van der Waals surface area contributed by atoms with Crippen LogP contribution in [-0.2, 0) is 0 Å². The van der Waals surface area contributed by atoms with Gasteiger partial charge >= 0.3 is 0 Å². The summed E-state index contributed by atoms with van der Waals surface area (Å²) < 4.78 is 3.20. The Hall–Kier alpha value is -2.26. The minimum absolute atomic E-state index is 0.762. The molecule has 0 saturated heterocycles. The number of fused-ring (bicyclic) bond motifs is 3. The molecule has 1 heterocycles. The van der Waals surface area contributed by atoms with Gasteiger partial charge in [0, 0.05) is 26.6 Å². The van der Waals surface area contributed by atoms with Crippen LogP contribution in [-0.4, -0.2) is 4.57 Å². The number of nitrogens with zero attached hydrogens (tertiary/aromatic N) is 1. The van der Waals surface area contributed by atoms with E-state index in [1.54, 1.807) is 0 Å². The van der Waals surface area contributed by atoms with Gasteiger partial charge in [0.1, 0.15) is 0 Å². The van der Waals surface area contributed by atoms with E-state index in [1.165, 1.54) is 16.3 Å². The summed E-state index contributed by atoms with van der Waals surface area (Å²) in [5.74, 6) is 0. The van der Waals surface area contributed by atoms with E-state index >= 15 is 0 Å². The number of aromatic nitrogens is 1. The van der Waals surface area contributed by atoms with Gasteiger partial charge in [0.05, 0.1) is 11.0 Å². The minimum atomic E-state index is 0.762. The second-order valence-electron chi connectivity index (χ2n) is 5.08. The molecule has 0 spiro atoms. The van der Waals surface area contributed by atoms with Gasteiger partial charge in [0.15, 0.2) is 0 Å². The number of rotatable bonds is 1. The highest BCUT2D eigenvalue weighted by Crippen LogP contribution is 2.35. The molecule has 0 radical (unpaired) electrons. The molecule has 2 N–H and O–H groups in total. The van der Waals surface area contributed by atoms with Crippen molar-refractivity contribution in [1.29, 1.82) is 0 Å². The standard InChI is InChI=1S/C18H13BrN2/c19-15-11-18-14(10-16(15)20)13-8-4-5-9-17(13)21(18)12-6-2-1-3-7-12/h1-11H,20H2. The average Bonchev–Trinajstić information content (AvgIpc) is 2.82. The molecule has 0 fully saturated rings. The van der Waals surface area contributed by atoms with Gasteiger partial charge in [-0.3, -0.25) is 0 Å². The molecule has 102 valence electrons. The first kappa shape index (κ1) is 12.5. The predicted octanol–water partition coefficient (Wildman–Crippen LogP) is 5.13. The van der Waals surface area contributed by atoms with E-state index < -0.39 is 0 Å². The summed E-state index contributed by atoms with van der Waals surface area (Å²) in [6.07, 6.45) is 0. The summed E-state index contributed by atoms with van der Waals surface area (Å²) in [7, 11) is 0. The molecule has 21 heavy (non-hydrogen) atoms. The number of nitrogen functional groups attached to an aromatic ring is 1. The fourth-order valence-corrected chi connectivity index (χ4v) is 3.19. The Morgan fingerprint density at radius 1 is 0.762 bits per heavy atom. The quantitative estimate of drug-likeness (QED) is 0.480. The SMILES string of the molecule is Nc1cc2c3ccccc3n(-c3ccccc3)c2cc1Br. The topological polar surface area (TPSA) is 30.9 Å². The smallest absolute Gasteiger partial charge is 0.0553 e. The molecule has 1 aromatic heterocycles. The maximum Gasteiger partial charge on any atom is 0.0553 e. The summed E-state index contributed by atoms with van der Waals surface area (Å²) in [5, 5.41) is 2.39. The number of nitrogens with two attached hydrogens (primary N) is 1. The second kappa shape index (κ2) is 4.64. The Labute approximate surface area is 130 Å². The van der Waals surface area contributed by atoms with E-state index in [4.69, 9.17) is 5.73 Å². The molecule has 4 aromatic rings. The van der Waals surface area contributed by atoms with Crippen molar-refractivity contribution in [1.82, 2.24) is 4.57 Å². The number of benzene rings is 3. The van der Waals surface area contributed by atoms with Crippen LogP contribution in [0.2, 0.25) is 0 Å². The van der Waals surface area contributed by atoms with Crippen molar-refractivity contribution in [2.75, 3.05) is 5.73 Å². The van der Waals surface area contributed by atoms with Crippen LogP contribution in [0.1, 0.15) is 0 Å². The first-order valence-corrected chi connectivity index (χ1v) is 7.58. The largest absolute Gasteiger partial charge is 0.398 e. The molecule has 0 atom stereocenters. The number of halogens is 1. The molecule has 0 aliphatic heterocycles.